The molecule has 1 aliphatic heterocycles. The summed E-state index contributed by atoms with van der Waals surface area (Å²) in [5.74, 6) is -0.248. The number of hydrogen-bond acceptors (Lipinski definition) is 6. The van der Waals surface area contributed by atoms with Gasteiger partial charge in [0.1, 0.15) is 13.2 Å². The van der Waals surface area contributed by atoms with Gasteiger partial charge in [0.2, 0.25) is 6.10 Å². The van der Waals surface area contributed by atoms with Crippen LogP contribution >= 0.6 is 0 Å². The lowest BCUT2D eigenvalue weighted by Gasteiger charge is -2.18. The fraction of sp³-hybridized carbons (Fsp3) is 0.190. The van der Waals surface area contributed by atoms with Crippen LogP contribution < -0.4 is 20.1 Å². The molecule has 3 rings (SSSR count). The van der Waals surface area contributed by atoms with Crippen molar-refractivity contribution in [2.24, 2.45) is 0 Å². The molecule has 0 saturated heterocycles. The topological polar surface area (TPSA) is 103 Å². The van der Waals surface area contributed by atoms with Crippen LogP contribution in [-0.2, 0) is 14.3 Å². The third-order valence-electron chi connectivity index (χ3n) is 4.02. The quantitative estimate of drug-likeness (QED) is 0.593. The first kappa shape index (κ1) is 19.9. The van der Waals surface area contributed by atoms with E-state index in [2.05, 4.69) is 10.6 Å². The lowest BCUT2D eigenvalue weighted by molar-refractivity contribution is -0.151. The molecule has 0 aromatic heterocycles. The number of benzene rings is 2. The van der Waals surface area contributed by atoms with Gasteiger partial charge in [-0.05, 0) is 23.8 Å². The van der Waals surface area contributed by atoms with Gasteiger partial charge in [-0.15, -0.1) is 0 Å². The number of carbonyl (C=O) groups excluding carboxylic acids is 3. The molecular weight excluding hydrogens is 376 g/mol. The maximum Gasteiger partial charge on any atom is 0.331 e. The average Bonchev–Trinajstić information content (AvgIpc) is 2.76. The van der Waals surface area contributed by atoms with E-state index in [1.54, 1.807) is 54.6 Å². The van der Waals surface area contributed by atoms with Crippen molar-refractivity contribution >= 4 is 24.0 Å². The molecule has 0 spiro atoms. The van der Waals surface area contributed by atoms with Gasteiger partial charge in [0.25, 0.3) is 5.91 Å². The number of amides is 3. The maximum absolute atomic E-state index is 12.4. The van der Waals surface area contributed by atoms with Crippen LogP contribution in [-0.4, -0.2) is 38.2 Å². The predicted molar refractivity (Wildman–Crippen MR) is 104 cm³/mol. The monoisotopic (exact) mass is 396 g/mol. The molecule has 8 nitrogen and oxygen atoms in total. The van der Waals surface area contributed by atoms with E-state index in [0.29, 0.717) is 35.8 Å². The normalized spacial score (nSPS) is 13.4. The molecule has 0 saturated carbocycles. The molecule has 150 valence electrons. The molecule has 1 heterocycles. The van der Waals surface area contributed by atoms with E-state index >= 15 is 0 Å². The van der Waals surface area contributed by atoms with Crippen molar-refractivity contribution in [3.8, 4) is 11.5 Å². The Morgan fingerprint density at radius 3 is 2.48 bits per heavy atom. The Labute approximate surface area is 167 Å². The Kier molecular flexibility index (Phi) is 6.47. The Morgan fingerprint density at radius 1 is 1.03 bits per heavy atom. The van der Waals surface area contributed by atoms with Gasteiger partial charge in [0, 0.05) is 18.7 Å². The highest BCUT2D eigenvalue weighted by atomic mass is 16.6. The average molecular weight is 396 g/mol. The zero-order chi connectivity index (χ0) is 20.6. The minimum absolute atomic E-state index is 0.440. The van der Waals surface area contributed by atoms with Crippen molar-refractivity contribution < 1.29 is 28.6 Å². The minimum atomic E-state index is -1.27. The molecule has 0 radical (unpaired) electrons. The molecule has 8 heteroatoms. The van der Waals surface area contributed by atoms with Crippen molar-refractivity contribution in [1.29, 1.82) is 0 Å². The number of esters is 1. The predicted octanol–water partition coefficient (Wildman–Crippen LogP) is 2.21. The molecule has 3 amide bonds. The van der Waals surface area contributed by atoms with Crippen LogP contribution in [0.25, 0.3) is 6.08 Å². The molecule has 1 aliphatic rings. The SMILES string of the molecule is CNC(=O)NC(=O)[C@@H](OC(=O)/C=C/c1ccc2c(c1)OCCO2)c1ccccc1. The summed E-state index contributed by atoms with van der Waals surface area (Å²) in [7, 11) is 1.38. The van der Waals surface area contributed by atoms with Crippen molar-refractivity contribution in [2.45, 2.75) is 6.10 Å². The first-order chi connectivity index (χ1) is 14.1. The number of nitrogens with one attached hydrogen (secondary N) is 2. The van der Waals surface area contributed by atoms with Crippen LogP contribution in [0.1, 0.15) is 17.2 Å². The zero-order valence-electron chi connectivity index (χ0n) is 15.7. The lowest BCUT2D eigenvalue weighted by atomic mass is 10.1. The van der Waals surface area contributed by atoms with Crippen LogP contribution in [0.2, 0.25) is 0 Å². The van der Waals surface area contributed by atoms with E-state index < -0.39 is 24.0 Å². The number of carbonyl (C=O) groups is 3. The summed E-state index contributed by atoms with van der Waals surface area (Å²) >= 11 is 0. The highest BCUT2D eigenvalue weighted by Gasteiger charge is 2.25. The van der Waals surface area contributed by atoms with Gasteiger partial charge in [0.15, 0.2) is 11.5 Å². The van der Waals surface area contributed by atoms with Crippen LogP contribution in [0.4, 0.5) is 4.79 Å². The molecule has 2 aromatic carbocycles. The Morgan fingerprint density at radius 2 is 1.76 bits per heavy atom. The third-order valence-corrected chi connectivity index (χ3v) is 4.02. The summed E-state index contributed by atoms with van der Waals surface area (Å²) in [6.45, 7) is 0.953. The summed E-state index contributed by atoms with van der Waals surface area (Å²) in [5.41, 5.74) is 1.15. The smallest absolute Gasteiger partial charge is 0.331 e. The molecule has 2 N–H and O–H groups in total. The van der Waals surface area contributed by atoms with E-state index in [0.717, 1.165) is 0 Å². The summed E-state index contributed by atoms with van der Waals surface area (Å²) in [5, 5.41) is 4.40. The van der Waals surface area contributed by atoms with Gasteiger partial charge in [-0.3, -0.25) is 10.1 Å². The fourth-order valence-electron chi connectivity index (χ4n) is 2.62. The molecule has 0 unspecified atom stereocenters. The third kappa shape index (κ3) is 5.35. The van der Waals surface area contributed by atoms with E-state index in [1.807, 2.05) is 0 Å². The molecule has 0 fully saturated rings. The second kappa shape index (κ2) is 9.41. The zero-order valence-corrected chi connectivity index (χ0v) is 15.7. The van der Waals surface area contributed by atoms with Crippen LogP contribution in [0, 0.1) is 0 Å². The minimum Gasteiger partial charge on any atom is -0.486 e. The van der Waals surface area contributed by atoms with Crippen molar-refractivity contribution in [3.63, 3.8) is 0 Å². The van der Waals surface area contributed by atoms with Gasteiger partial charge >= 0.3 is 12.0 Å². The van der Waals surface area contributed by atoms with Gasteiger partial charge in [-0.25, -0.2) is 9.59 Å². The summed E-state index contributed by atoms with van der Waals surface area (Å²) in [6, 6.07) is 13.0. The Balaban J connectivity index is 1.71. The van der Waals surface area contributed by atoms with Crippen LogP contribution in [0.3, 0.4) is 0 Å². The Hall–Kier alpha value is -3.81. The van der Waals surface area contributed by atoms with Crippen molar-refractivity contribution in [3.05, 3.63) is 65.7 Å². The molecule has 2 aromatic rings. The molecule has 0 aliphatic carbocycles. The fourth-order valence-corrected chi connectivity index (χ4v) is 2.62. The number of ether oxygens (including phenoxy) is 3. The molecule has 29 heavy (non-hydrogen) atoms. The first-order valence-corrected chi connectivity index (χ1v) is 8.92. The van der Waals surface area contributed by atoms with E-state index in [-0.39, 0.29) is 0 Å². The second-order valence-corrected chi connectivity index (χ2v) is 6.03. The maximum atomic E-state index is 12.4. The first-order valence-electron chi connectivity index (χ1n) is 8.92. The molecule has 0 bridgehead atoms. The summed E-state index contributed by atoms with van der Waals surface area (Å²) in [6.07, 6.45) is 1.47. The van der Waals surface area contributed by atoms with Gasteiger partial charge in [-0.2, -0.15) is 0 Å². The molecule has 1 atom stereocenters. The highest BCUT2D eigenvalue weighted by molar-refractivity contribution is 5.98. The number of urea groups is 1. The van der Waals surface area contributed by atoms with Crippen molar-refractivity contribution in [1.82, 2.24) is 10.6 Å². The number of imide groups is 1. The standard InChI is InChI=1S/C21H20N2O6/c1-22-21(26)23-20(25)19(15-5-3-2-4-6-15)29-18(24)10-8-14-7-9-16-17(13-14)28-12-11-27-16/h2-10,13,19H,11-12H2,1H3,(H2,22,23,25,26)/b10-8+/t19-/m0/s1. The largest absolute Gasteiger partial charge is 0.486 e. The van der Waals surface area contributed by atoms with Gasteiger partial charge < -0.3 is 19.5 Å². The highest BCUT2D eigenvalue weighted by Crippen LogP contribution is 2.31. The van der Waals surface area contributed by atoms with Gasteiger partial charge in [-0.1, -0.05) is 36.4 Å². The molecular formula is C21H20N2O6. The number of rotatable bonds is 5. The van der Waals surface area contributed by atoms with E-state index in [4.69, 9.17) is 14.2 Å². The second-order valence-electron chi connectivity index (χ2n) is 6.03. The number of fused-ring (bicyclic) bond motifs is 1. The lowest BCUT2D eigenvalue weighted by Crippen LogP contribution is -2.41. The summed E-state index contributed by atoms with van der Waals surface area (Å²) < 4.78 is 16.3. The van der Waals surface area contributed by atoms with Crippen LogP contribution in [0.5, 0.6) is 11.5 Å². The van der Waals surface area contributed by atoms with Gasteiger partial charge in [0.05, 0.1) is 0 Å². The van der Waals surface area contributed by atoms with Crippen LogP contribution in [0.15, 0.2) is 54.6 Å². The Bertz CT molecular complexity index is 926. The summed E-state index contributed by atoms with van der Waals surface area (Å²) in [4.78, 5) is 36.1. The van der Waals surface area contributed by atoms with E-state index in [1.165, 1.54) is 13.1 Å². The van der Waals surface area contributed by atoms with Crippen molar-refractivity contribution in [2.75, 3.05) is 20.3 Å². The number of hydrogen-bond donors (Lipinski definition) is 2. The van der Waals surface area contributed by atoms with E-state index in [9.17, 15) is 14.4 Å².